The first kappa shape index (κ1) is 23.1. The van der Waals surface area contributed by atoms with Crippen molar-refractivity contribution in [3.8, 4) is 0 Å². The Balaban J connectivity index is 0.00000156. The van der Waals surface area contributed by atoms with Crippen LogP contribution in [0.15, 0.2) is 18.2 Å². The molecule has 2 fully saturated rings. The van der Waals surface area contributed by atoms with E-state index in [9.17, 15) is 0 Å². The van der Waals surface area contributed by atoms with Gasteiger partial charge in [-0.25, -0.2) is 0 Å². The lowest BCUT2D eigenvalue weighted by molar-refractivity contribution is 0.248. The molecule has 0 unspecified atom stereocenters. The third-order valence-corrected chi connectivity index (χ3v) is 5.92. The maximum atomic E-state index is 6.34. The van der Waals surface area contributed by atoms with E-state index in [2.05, 4.69) is 21.2 Å². The molecule has 144 valence electrons. The molecule has 0 spiro atoms. The molecule has 0 atom stereocenters. The molecule has 25 heavy (non-hydrogen) atoms. The molecule has 1 aromatic rings. The maximum Gasteiger partial charge on any atom is 0.0825 e. The van der Waals surface area contributed by atoms with Crippen LogP contribution in [0.5, 0.6) is 0 Å². The number of anilines is 1. The molecule has 0 amide bonds. The first-order chi connectivity index (χ1) is 11.2. The fraction of sp³-hybridized carbons (Fsp3) is 0.667. The molecule has 0 bridgehead atoms. The second kappa shape index (κ2) is 11.7. The Morgan fingerprint density at radius 2 is 1.64 bits per heavy atom. The van der Waals surface area contributed by atoms with Gasteiger partial charge in [-0.15, -0.1) is 24.8 Å². The fourth-order valence-electron chi connectivity index (χ4n) is 3.68. The number of rotatable bonds is 5. The lowest BCUT2D eigenvalue weighted by Gasteiger charge is -2.37. The van der Waals surface area contributed by atoms with E-state index < -0.39 is 0 Å². The SMILES string of the molecule is Cl.Cl.Clc1cccc(N2CCN(CCNC3CCCCC3)CC2)c1Cl. The van der Waals surface area contributed by atoms with E-state index in [0.29, 0.717) is 10.0 Å². The van der Waals surface area contributed by atoms with Crippen LogP contribution in [0, 0.1) is 0 Å². The molecule has 1 aromatic carbocycles. The van der Waals surface area contributed by atoms with E-state index in [1.807, 2.05) is 12.1 Å². The van der Waals surface area contributed by atoms with Crippen molar-refractivity contribution in [3.63, 3.8) is 0 Å². The van der Waals surface area contributed by atoms with E-state index >= 15 is 0 Å². The predicted octanol–water partition coefficient (Wildman–Crippen LogP) is 4.88. The molecule has 3 nitrogen and oxygen atoms in total. The minimum atomic E-state index is 0. The van der Waals surface area contributed by atoms with E-state index in [-0.39, 0.29) is 24.8 Å². The molecule has 0 radical (unpaired) electrons. The number of hydrogen-bond acceptors (Lipinski definition) is 3. The van der Waals surface area contributed by atoms with Crippen molar-refractivity contribution < 1.29 is 0 Å². The van der Waals surface area contributed by atoms with Crippen molar-refractivity contribution in [2.75, 3.05) is 44.2 Å². The Labute approximate surface area is 174 Å². The standard InChI is InChI=1S/C18H27Cl2N3.2ClH/c19-16-7-4-8-17(18(16)20)23-13-11-22(12-14-23)10-9-21-15-5-2-1-3-6-15;;/h4,7-8,15,21H,1-3,5-6,9-14H2;2*1H. The summed E-state index contributed by atoms with van der Waals surface area (Å²) in [5.41, 5.74) is 1.07. The van der Waals surface area contributed by atoms with Crippen LogP contribution < -0.4 is 10.2 Å². The summed E-state index contributed by atoms with van der Waals surface area (Å²) in [6, 6.07) is 6.65. The Hall–Kier alpha value is 0.1000. The van der Waals surface area contributed by atoms with Gasteiger partial charge in [0.2, 0.25) is 0 Å². The van der Waals surface area contributed by atoms with Gasteiger partial charge in [-0.2, -0.15) is 0 Å². The number of hydrogen-bond donors (Lipinski definition) is 1. The molecule has 1 aliphatic carbocycles. The maximum absolute atomic E-state index is 6.34. The van der Waals surface area contributed by atoms with Crippen LogP contribution in [-0.2, 0) is 0 Å². The summed E-state index contributed by atoms with van der Waals surface area (Å²) < 4.78 is 0. The number of piperazine rings is 1. The van der Waals surface area contributed by atoms with E-state index in [1.54, 1.807) is 0 Å². The molecule has 0 aromatic heterocycles. The van der Waals surface area contributed by atoms with Crippen molar-refractivity contribution in [1.82, 2.24) is 10.2 Å². The molecule has 7 heteroatoms. The number of nitrogens with one attached hydrogen (secondary N) is 1. The summed E-state index contributed by atoms with van der Waals surface area (Å²) in [4.78, 5) is 4.89. The number of benzene rings is 1. The third kappa shape index (κ3) is 6.64. The summed E-state index contributed by atoms with van der Waals surface area (Å²) in [5.74, 6) is 0. The zero-order valence-electron chi connectivity index (χ0n) is 14.6. The van der Waals surface area contributed by atoms with Crippen molar-refractivity contribution in [2.24, 2.45) is 0 Å². The van der Waals surface area contributed by atoms with Gasteiger partial charge in [0, 0.05) is 45.3 Å². The van der Waals surface area contributed by atoms with Crippen LogP contribution in [0.25, 0.3) is 0 Å². The van der Waals surface area contributed by atoms with E-state index in [1.165, 1.54) is 32.1 Å². The van der Waals surface area contributed by atoms with Gasteiger partial charge < -0.3 is 10.2 Å². The van der Waals surface area contributed by atoms with Gasteiger partial charge in [-0.1, -0.05) is 48.5 Å². The molecular weight excluding hydrogens is 400 g/mol. The average Bonchev–Trinajstić information content (AvgIpc) is 2.59. The zero-order valence-corrected chi connectivity index (χ0v) is 17.7. The van der Waals surface area contributed by atoms with Gasteiger partial charge in [0.15, 0.2) is 0 Å². The molecular formula is C18H29Cl4N3. The van der Waals surface area contributed by atoms with Gasteiger partial charge in [0.1, 0.15) is 0 Å². The second-order valence-corrected chi connectivity index (χ2v) is 7.48. The summed E-state index contributed by atoms with van der Waals surface area (Å²) in [7, 11) is 0. The van der Waals surface area contributed by atoms with Crippen LogP contribution in [0.2, 0.25) is 10.0 Å². The van der Waals surface area contributed by atoms with Crippen molar-refractivity contribution in [3.05, 3.63) is 28.2 Å². The Morgan fingerprint density at radius 1 is 0.960 bits per heavy atom. The lowest BCUT2D eigenvalue weighted by Crippen LogP contribution is -2.49. The van der Waals surface area contributed by atoms with Crippen LogP contribution in [0.3, 0.4) is 0 Å². The number of nitrogens with zero attached hydrogens (tertiary/aromatic N) is 2. The Kier molecular flexibility index (Phi) is 10.9. The minimum Gasteiger partial charge on any atom is -0.368 e. The van der Waals surface area contributed by atoms with E-state index in [0.717, 1.165) is 51.0 Å². The topological polar surface area (TPSA) is 18.5 Å². The number of halogens is 4. The quantitative estimate of drug-likeness (QED) is 0.720. The fourth-order valence-corrected chi connectivity index (χ4v) is 4.10. The van der Waals surface area contributed by atoms with Crippen molar-refractivity contribution in [1.29, 1.82) is 0 Å². The Morgan fingerprint density at radius 3 is 2.32 bits per heavy atom. The summed E-state index contributed by atoms with van der Waals surface area (Å²) in [6.45, 7) is 6.48. The summed E-state index contributed by atoms with van der Waals surface area (Å²) in [6.07, 6.45) is 6.95. The largest absolute Gasteiger partial charge is 0.368 e. The van der Waals surface area contributed by atoms with E-state index in [4.69, 9.17) is 23.2 Å². The Bertz CT molecular complexity index is 501. The molecule has 3 rings (SSSR count). The average molecular weight is 429 g/mol. The normalized spacial score (nSPS) is 19.2. The molecule has 1 saturated carbocycles. The van der Waals surface area contributed by atoms with Crippen molar-refractivity contribution >= 4 is 53.7 Å². The highest BCUT2D eigenvalue weighted by atomic mass is 35.5. The molecule has 1 N–H and O–H groups in total. The monoisotopic (exact) mass is 427 g/mol. The minimum absolute atomic E-state index is 0. The summed E-state index contributed by atoms with van der Waals surface area (Å²) >= 11 is 12.5. The van der Waals surface area contributed by atoms with Crippen LogP contribution in [0.4, 0.5) is 5.69 Å². The highest BCUT2D eigenvalue weighted by Gasteiger charge is 2.20. The highest BCUT2D eigenvalue weighted by Crippen LogP contribution is 2.32. The summed E-state index contributed by atoms with van der Waals surface area (Å²) in [5, 5.41) is 5.06. The first-order valence-electron chi connectivity index (χ1n) is 8.89. The van der Waals surface area contributed by atoms with Gasteiger partial charge >= 0.3 is 0 Å². The third-order valence-electron chi connectivity index (χ3n) is 5.11. The molecule has 2 aliphatic rings. The highest BCUT2D eigenvalue weighted by molar-refractivity contribution is 6.43. The first-order valence-corrected chi connectivity index (χ1v) is 9.64. The van der Waals surface area contributed by atoms with Crippen LogP contribution in [0.1, 0.15) is 32.1 Å². The van der Waals surface area contributed by atoms with Gasteiger partial charge in [-0.3, -0.25) is 4.90 Å². The zero-order chi connectivity index (χ0) is 16.1. The van der Waals surface area contributed by atoms with Crippen LogP contribution in [-0.4, -0.2) is 50.2 Å². The van der Waals surface area contributed by atoms with Gasteiger partial charge in [-0.05, 0) is 25.0 Å². The molecule has 1 aliphatic heterocycles. The van der Waals surface area contributed by atoms with Crippen molar-refractivity contribution in [2.45, 2.75) is 38.1 Å². The lowest BCUT2D eigenvalue weighted by atomic mass is 9.95. The smallest absolute Gasteiger partial charge is 0.0825 e. The van der Waals surface area contributed by atoms with Gasteiger partial charge in [0.25, 0.3) is 0 Å². The van der Waals surface area contributed by atoms with Crippen LogP contribution >= 0.6 is 48.0 Å². The second-order valence-electron chi connectivity index (χ2n) is 6.69. The molecule has 1 heterocycles. The van der Waals surface area contributed by atoms with Gasteiger partial charge in [0.05, 0.1) is 15.7 Å². The molecule has 1 saturated heterocycles. The predicted molar refractivity (Wildman–Crippen MR) is 114 cm³/mol.